The number of aliphatic carboxylic acids is 1. The molecule has 2 atom stereocenters. The minimum atomic E-state index is -3.81. The second kappa shape index (κ2) is 17.8. The lowest BCUT2D eigenvalue weighted by molar-refractivity contribution is -0.139. The first-order chi connectivity index (χ1) is 33.0. The van der Waals surface area contributed by atoms with Crippen LogP contribution in [0.3, 0.4) is 0 Å². The highest BCUT2D eigenvalue weighted by Gasteiger charge is 2.43. The average molecular weight is 995 g/mol. The van der Waals surface area contributed by atoms with Gasteiger partial charge in [0.05, 0.1) is 27.6 Å². The number of benzene rings is 3. The van der Waals surface area contributed by atoms with Crippen LogP contribution in [0.5, 0.6) is 5.75 Å². The van der Waals surface area contributed by atoms with Crippen LogP contribution >= 0.6 is 22.9 Å². The molecule has 0 saturated carbocycles. The maximum absolute atomic E-state index is 14.1. The van der Waals surface area contributed by atoms with Gasteiger partial charge in [0.2, 0.25) is 21.8 Å². The Hall–Kier alpha value is -6.41. The molecule has 0 radical (unpaired) electrons. The smallest absolute Gasteiger partial charge is 0.349 e. The number of imide groups is 1. The number of aromatic nitrogens is 2. The molecule has 5 aromatic rings. The number of hydrogen-bond acceptors (Lipinski definition) is 13. The Labute approximate surface area is 406 Å². The molecule has 20 heteroatoms. The predicted octanol–water partition coefficient (Wildman–Crippen LogP) is 6.90. The Morgan fingerprint density at radius 3 is 2.54 bits per heavy atom. The van der Waals surface area contributed by atoms with Crippen molar-refractivity contribution in [3.63, 3.8) is 0 Å². The number of halogens is 1. The van der Waals surface area contributed by atoms with Gasteiger partial charge in [-0.25, -0.2) is 23.0 Å². The average Bonchev–Trinajstić information content (AvgIpc) is 3.97. The number of hydrogen-bond donors (Lipinski definition) is 4. The number of carbonyl (C=O) groups is 5. The number of fused-ring (bicyclic) bond motifs is 1. The molecular formula is C49H48ClN7O10S2. The van der Waals surface area contributed by atoms with E-state index in [1.54, 1.807) is 33.6 Å². The van der Waals surface area contributed by atoms with Crippen molar-refractivity contribution in [3.8, 4) is 16.2 Å². The molecule has 0 bridgehead atoms. The molecule has 2 aromatic heterocycles. The van der Waals surface area contributed by atoms with Gasteiger partial charge in [0.25, 0.3) is 5.91 Å². The fourth-order valence-corrected chi connectivity index (χ4v) is 14.0. The summed E-state index contributed by atoms with van der Waals surface area (Å²) < 4.78 is 35.0. The summed E-state index contributed by atoms with van der Waals surface area (Å²) in [6.07, 6.45) is 7.42. The van der Waals surface area contributed by atoms with E-state index in [0.29, 0.717) is 52.3 Å². The van der Waals surface area contributed by atoms with Crippen LogP contribution in [0.1, 0.15) is 101 Å². The largest absolute Gasteiger partial charge is 0.479 e. The fourth-order valence-electron chi connectivity index (χ4n) is 10.7. The molecule has 3 amide bonds. The van der Waals surface area contributed by atoms with Crippen LogP contribution in [-0.2, 0) is 36.6 Å². The number of carboxylic acid groups (broad SMARTS) is 2. The van der Waals surface area contributed by atoms with Crippen molar-refractivity contribution in [1.82, 2.24) is 24.5 Å². The van der Waals surface area contributed by atoms with E-state index in [1.165, 1.54) is 5.56 Å². The van der Waals surface area contributed by atoms with Gasteiger partial charge in [0.15, 0.2) is 17.2 Å². The summed E-state index contributed by atoms with van der Waals surface area (Å²) in [4.78, 5) is 75.0. The third-order valence-corrected chi connectivity index (χ3v) is 17.5. The minimum Gasteiger partial charge on any atom is -0.479 e. The number of rotatable bonds is 13. The number of carbonyl (C=O) groups excluding carboxylic acids is 3. The first-order valence-corrected chi connectivity index (χ1v) is 25.6. The molecule has 6 heterocycles. The predicted molar refractivity (Wildman–Crippen MR) is 259 cm³/mol. The first kappa shape index (κ1) is 46.3. The first-order valence-electron chi connectivity index (χ1n) is 22.8. The Morgan fingerprint density at radius 1 is 1.01 bits per heavy atom. The van der Waals surface area contributed by atoms with Crippen molar-refractivity contribution in [2.24, 2.45) is 0 Å². The summed E-state index contributed by atoms with van der Waals surface area (Å²) in [7, 11) is -3.81. The van der Waals surface area contributed by atoms with E-state index in [9.17, 15) is 37.5 Å². The number of piperidine rings is 3. The second-order valence-electron chi connectivity index (χ2n) is 18.8. The standard InChI is InChI=1S/C49H48ClN7O10S2/c1-49(2)22-29(52-28-6-3-5-27(19-28)44-42(50)43(67-24-40(59)60)45(68-44)48(63)64)15-18-56(49)69(65,66)25-30-23-51-35-20-31(21-36(35)53-30)55-16-13-26(14-17-55)32-9-10-37-41-33(32)7-4-8-34(41)47(62)57(37)38-11-12-39(58)54-46(38)61/h3-10,19,21,23,26,29,38,52H,11-18,20,22,24-25H2,1-2H3,(H,59,60)(H,63,64)(H,54,58,61). The van der Waals surface area contributed by atoms with Gasteiger partial charge in [0.1, 0.15) is 16.8 Å². The number of sulfonamides is 1. The topological polar surface area (TPSA) is 229 Å². The summed E-state index contributed by atoms with van der Waals surface area (Å²) in [5.41, 5.74) is 5.97. The zero-order chi connectivity index (χ0) is 48.5. The number of amides is 3. The SMILES string of the molecule is CC1(C)CC(Nc2cccc(-c3sc(C(=O)O)c(OCC(=O)O)c3Cl)c2)CCN1S(=O)(=O)Cc1cnc2c(n1)C=C(N1CCC(c3ccc4c5c(cccc35)C(=O)N4C3CCC(=O)NC3=O)CC1)C2. The minimum absolute atomic E-state index is 0.00734. The van der Waals surface area contributed by atoms with Gasteiger partial charge >= 0.3 is 11.9 Å². The Balaban J connectivity index is 0.769. The van der Waals surface area contributed by atoms with Gasteiger partial charge in [-0.1, -0.05) is 41.9 Å². The van der Waals surface area contributed by atoms with Crippen molar-refractivity contribution in [2.45, 2.75) is 88.1 Å². The van der Waals surface area contributed by atoms with Crippen LogP contribution in [0.2, 0.25) is 5.02 Å². The van der Waals surface area contributed by atoms with Crippen molar-refractivity contribution in [3.05, 3.63) is 105 Å². The van der Waals surface area contributed by atoms with Crippen molar-refractivity contribution < 1.29 is 47.3 Å². The van der Waals surface area contributed by atoms with Gasteiger partial charge in [0, 0.05) is 72.6 Å². The number of ether oxygens (including phenoxy) is 1. The number of aromatic carboxylic acids is 1. The highest BCUT2D eigenvalue weighted by molar-refractivity contribution is 7.88. The van der Waals surface area contributed by atoms with Crippen molar-refractivity contribution >= 4 is 90.8 Å². The molecular weight excluding hydrogens is 946 g/mol. The quantitative estimate of drug-likeness (QED) is 0.0881. The molecule has 17 nitrogen and oxygen atoms in total. The number of anilines is 2. The lowest BCUT2D eigenvalue weighted by Crippen LogP contribution is -2.55. The number of thiophene rings is 1. The van der Waals surface area contributed by atoms with Crippen molar-refractivity contribution in [2.75, 3.05) is 36.5 Å². The highest BCUT2D eigenvalue weighted by atomic mass is 35.5. The molecule has 4 aliphatic heterocycles. The Morgan fingerprint density at radius 2 is 1.80 bits per heavy atom. The number of nitrogens with zero attached hydrogens (tertiary/aromatic N) is 5. The van der Waals surface area contributed by atoms with Crippen LogP contribution in [0.4, 0.5) is 11.4 Å². The normalized spacial score (nSPS) is 20.5. The molecule has 4 N–H and O–H groups in total. The van der Waals surface area contributed by atoms with Gasteiger partial charge in [-0.3, -0.25) is 29.6 Å². The van der Waals surface area contributed by atoms with Crippen LogP contribution in [-0.4, -0.2) is 111 Å². The molecule has 5 aliphatic rings. The van der Waals surface area contributed by atoms with E-state index < -0.39 is 46.1 Å². The monoisotopic (exact) mass is 993 g/mol. The van der Waals surface area contributed by atoms with E-state index in [2.05, 4.69) is 21.6 Å². The molecule has 0 spiro atoms. The van der Waals surface area contributed by atoms with Gasteiger partial charge in [-0.05, 0) is 98.7 Å². The molecule has 69 heavy (non-hydrogen) atoms. The van der Waals surface area contributed by atoms with Crippen LogP contribution in [0.15, 0.2) is 66.5 Å². The summed E-state index contributed by atoms with van der Waals surface area (Å²) in [6, 6.07) is 16.2. The molecule has 10 rings (SSSR count). The number of allylic oxidation sites excluding steroid dienone is 1. The fraction of sp³-hybridized carbons (Fsp3) is 0.367. The maximum atomic E-state index is 14.1. The van der Waals surface area contributed by atoms with Gasteiger partial charge < -0.3 is 25.2 Å². The molecule has 3 saturated heterocycles. The summed E-state index contributed by atoms with van der Waals surface area (Å²) in [5, 5.41) is 26.6. The molecule has 3 aromatic carbocycles. The molecule has 3 fully saturated rings. The van der Waals surface area contributed by atoms with Crippen LogP contribution in [0.25, 0.3) is 27.3 Å². The Bertz CT molecular complexity index is 3150. The maximum Gasteiger partial charge on any atom is 0.349 e. The number of nitrogens with one attached hydrogen (secondary N) is 2. The summed E-state index contributed by atoms with van der Waals surface area (Å²) in [6.45, 7) is 4.93. The van der Waals surface area contributed by atoms with E-state index in [-0.39, 0.29) is 64.6 Å². The van der Waals surface area contributed by atoms with E-state index in [4.69, 9.17) is 31.4 Å². The second-order valence-corrected chi connectivity index (χ2v) is 22.0. The van der Waals surface area contributed by atoms with Gasteiger partial charge in [-0.2, -0.15) is 4.31 Å². The molecule has 1 aliphatic carbocycles. The zero-order valence-corrected chi connectivity index (χ0v) is 40.0. The highest BCUT2D eigenvalue weighted by Crippen LogP contribution is 2.47. The lowest BCUT2D eigenvalue weighted by atomic mass is 9.85. The summed E-state index contributed by atoms with van der Waals surface area (Å²) in [5.74, 6) is -3.80. The van der Waals surface area contributed by atoms with E-state index >= 15 is 0 Å². The Kier molecular flexibility index (Phi) is 12.0. The molecule has 358 valence electrons. The van der Waals surface area contributed by atoms with Crippen LogP contribution < -0.4 is 20.3 Å². The number of carboxylic acids is 2. The zero-order valence-electron chi connectivity index (χ0n) is 37.7. The lowest BCUT2D eigenvalue weighted by Gasteiger charge is -2.44. The van der Waals surface area contributed by atoms with Crippen LogP contribution in [0, 0.1) is 0 Å². The number of likely N-dealkylation sites (tertiary alicyclic amines) is 1. The van der Waals surface area contributed by atoms with Gasteiger partial charge in [-0.15, -0.1) is 11.3 Å². The molecule has 2 unspecified atom stereocenters. The van der Waals surface area contributed by atoms with E-state index in [0.717, 1.165) is 65.1 Å². The van der Waals surface area contributed by atoms with E-state index in [1.807, 2.05) is 50.3 Å². The third kappa shape index (κ3) is 8.70. The third-order valence-electron chi connectivity index (χ3n) is 13.8. The summed E-state index contributed by atoms with van der Waals surface area (Å²) >= 11 is 7.43. The van der Waals surface area contributed by atoms with Crippen molar-refractivity contribution in [1.29, 1.82) is 0 Å².